The molecule has 4 heteroatoms. The van der Waals surface area contributed by atoms with Gasteiger partial charge >= 0.3 is 0 Å². The minimum absolute atomic E-state index is 0.0111. The molecule has 1 heterocycles. The van der Waals surface area contributed by atoms with E-state index in [1.165, 1.54) is 0 Å². The maximum atomic E-state index is 12.1. The fraction of sp³-hybridized carbons (Fsp3) is 0.667. The molecule has 90 valence electrons. The first-order valence-electron chi connectivity index (χ1n) is 5.76. The normalized spacial score (nSPS) is 25.6. The van der Waals surface area contributed by atoms with E-state index in [1.54, 1.807) is 4.90 Å². The molecule has 2 unspecified atom stereocenters. The molecule has 1 rings (SSSR count). The van der Waals surface area contributed by atoms with E-state index in [1.807, 2.05) is 20.8 Å². The number of amides is 2. The Balaban J connectivity index is 2.90. The highest BCUT2D eigenvalue weighted by atomic mass is 16.2. The number of hydrogen-bond donors (Lipinski definition) is 1. The van der Waals surface area contributed by atoms with Gasteiger partial charge in [-0.3, -0.25) is 9.59 Å². The van der Waals surface area contributed by atoms with Gasteiger partial charge in [0.2, 0.25) is 11.8 Å². The Hall–Kier alpha value is -1.32. The Morgan fingerprint density at radius 3 is 2.44 bits per heavy atom. The van der Waals surface area contributed by atoms with Crippen molar-refractivity contribution in [2.45, 2.75) is 45.7 Å². The van der Waals surface area contributed by atoms with E-state index in [4.69, 9.17) is 0 Å². The smallest absolute Gasteiger partial charge is 0.246 e. The summed E-state index contributed by atoms with van der Waals surface area (Å²) in [5.41, 5.74) is 0.899. The fourth-order valence-corrected chi connectivity index (χ4v) is 1.99. The molecule has 1 fully saturated rings. The van der Waals surface area contributed by atoms with Crippen molar-refractivity contribution in [1.29, 1.82) is 0 Å². The molecule has 0 radical (unpaired) electrons. The van der Waals surface area contributed by atoms with Crippen molar-refractivity contribution in [2.75, 3.05) is 6.54 Å². The van der Waals surface area contributed by atoms with Gasteiger partial charge in [-0.1, -0.05) is 26.0 Å². The van der Waals surface area contributed by atoms with E-state index < -0.39 is 0 Å². The van der Waals surface area contributed by atoms with Crippen LogP contribution in [0.15, 0.2) is 12.2 Å². The molecule has 4 nitrogen and oxygen atoms in total. The van der Waals surface area contributed by atoms with Crippen molar-refractivity contribution in [2.24, 2.45) is 0 Å². The van der Waals surface area contributed by atoms with Crippen molar-refractivity contribution in [3.05, 3.63) is 12.2 Å². The van der Waals surface area contributed by atoms with Crippen LogP contribution in [0.4, 0.5) is 0 Å². The molecule has 1 N–H and O–H groups in total. The second-order valence-electron chi connectivity index (χ2n) is 4.32. The number of nitrogens with zero attached hydrogens (tertiary/aromatic N) is 1. The molecule has 1 aliphatic heterocycles. The molecule has 0 aromatic carbocycles. The van der Waals surface area contributed by atoms with Crippen molar-refractivity contribution in [3.63, 3.8) is 0 Å². The quantitative estimate of drug-likeness (QED) is 0.726. The zero-order valence-corrected chi connectivity index (χ0v) is 10.2. The predicted octanol–water partition coefficient (Wildman–Crippen LogP) is 1.08. The number of carbonyl (C=O) groups is 2. The van der Waals surface area contributed by atoms with Crippen LogP contribution in [0.25, 0.3) is 0 Å². The maximum Gasteiger partial charge on any atom is 0.246 e. The Morgan fingerprint density at radius 2 is 2.00 bits per heavy atom. The van der Waals surface area contributed by atoms with E-state index in [0.717, 1.165) is 5.57 Å². The van der Waals surface area contributed by atoms with Crippen LogP contribution in [0.3, 0.4) is 0 Å². The average molecular weight is 224 g/mol. The van der Waals surface area contributed by atoms with Crippen molar-refractivity contribution in [1.82, 2.24) is 10.2 Å². The molecule has 0 aromatic rings. The molecule has 0 spiro atoms. The van der Waals surface area contributed by atoms with Gasteiger partial charge in [-0.15, -0.1) is 0 Å². The zero-order valence-electron chi connectivity index (χ0n) is 10.2. The summed E-state index contributed by atoms with van der Waals surface area (Å²) in [4.78, 5) is 25.5. The third-order valence-corrected chi connectivity index (χ3v) is 2.81. The number of hydrogen-bond acceptors (Lipinski definition) is 2. The van der Waals surface area contributed by atoms with Gasteiger partial charge in [0.15, 0.2) is 0 Å². The van der Waals surface area contributed by atoms with Gasteiger partial charge < -0.3 is 10.2 Å². The van der Waals surface area contributed by atoms with Gasteiger partial charge in [-0.05, 0) is 19.8 Å². The summed E-state index contributed by atoms with van der Waals surface area (Å²) in [6.07, 6.45) is 1.27. The zero-order chi connectivity index (χ0) is 12.3. The second kappa shape index (κ2) is 5.14. The number of rotatable bonds is 4. The largest absolute Gasteiger partial charge is 0.343 e. The first kappa shape index (κ1) is 12.7. The number of nitrogens with one attached hydrogen (secondary N) is 1. The fourth-order valence-electron chi connectivity index (χ4n) is 1.99. The first-order valence-corrected chi connectivity index (χ1v) is 5.76. The summed E-state index contributed by atoms with van der Waals surface area (Å²) in [7, 11) is 0. The topological polar surface area (TPSA) is 49.4 Å². The second-order valence-corrected chi connectivity index (χ2v) is 4.32. The maximum absolute atomic E-state index is 12.1. The molecule has 1 saturated heterocycles. The van der Waals surface area contributed by atoms with E-state index in [2.05, 4.69) is 11.9 Å². The Kier molecular flexibility index (Phi) is 4.10. The van der Waals surface area contributed by atoms with E-state index in [-0.39, 0.29) is 23.9 Å². The van der Waals surface area contributed by atoms with Crippen molar-refractivity contribution in [3.8, 4) is 0 Å². The minimum Gasteiger partial charge on any atom is -0.343 e. The first-order chi connectivity index (χ1) is 7.51. The predicted molar refractivity (Wildman–Crippen MR) is 62.8 cm³/mol. The molecule has 1 aliphatic rings. The lowest BCUT2D eigenvalue weighted by Crippen LogP contribution is -2.63. The Bertz CT molecular complexity index is 312. The third-order valence-electron chi connectivity index (χ3n) is 2.81. The summed E-state index contributed by atoms with van der Waals surface area (Å²) in [5.74, 6) is -0.0350. The highest BCUT2D eigenvalue weighted by molar-refractivity contribution is 5.97. The SMILES string of the molecule is C=C(C)CN1C(=O)C(CC)NC(=O)C1CC. The van der Waals surface area contributed by atoms with Crippen LogP contribution >= 0.6 is 0 Å². The molecule has 2 amide bonds. The van der Waals surface area contributed by atoms with Crippen molar-refractivity contribution < 1.29 is 9.59 Å². The van der Waals surface area contributed by atoms with Crippen LogP contribution in [-0.2, 0) is 9.59 Å². The lowest BCUT2D eigenvalue weighted by atomic mass is 10.0. The van der Waals surface area contributed by atoms with E-state index in [0.29, 0.717) is 19.4 Å². The van der Waals surface area contributed by atoms with Crippen molar-refractivity contribution >= 4 is 11.8 Å². The van der Waals surface area contributed by atoms with Crippen LogP contribution in [0.2, 0.25) is 0 Å². The molecule has 0 aliphatic carbocycles. The molecule has 0 bridgehead atoms. The van der Waals surface area contributed by atoms with E-state index >= 15 is 0 Å². The van der Waals surface area contributed by atoms with Crippen LogP contribution in [-0.4, -0.2) is 35.3 Å². The lowest BCUT2D eigenvalue weighted by molar-refractivity contribution is -0.149. The molecule has 2 atom stereocenters. The molecule has 16 heavy (non-hydrogen) atoms. The number of piperazine rings is 1. The Labute approximate surface area is 96.7 Å². The number of carbonyl (C=O) groups excluding carboxylic acids is 2. The summed E-state index contributed by atoms with van der Waals surface area (Å²) in [5, 5.41) is 2.76. The summed E-state index contributed by atoms with van der Waals surface area (Å²) < 4.78 is 0. The van der Waals surface area contributed by atoms with Gasteiger partial charge in [0.25, 0.3) is 0 Å². The average Bonchev–Trinajstić information content (AvgIpc) is 2.22. The van der Waals surface area contributed by atoms with Gasteiger partial charge in [0.1, 0.15) is 12.1 Å². The van der Waals surface area contributed by atoms with Gasteiger partial charge in [-0.2, -0.15) is 0 Å². The van der Waals surface area contributed by atoms with Gasteiger partial charge in [0, 0.05) is 6.54 Å². The van der Waals surface area contributed by atoms with Crippen LogP contribution in [0.1, 0.15) is 33.6 Å². The van der Waals surface area contributed by atoms with Gasteiger partial charge in [-0.25, -0.2) is 0 Å². The van der Waals surface area contributed by atoms with E-state index in [9.17, 15) is 9.59 Å². The van der Waals surface area contributed by atoms with Crippen LogP contribution in [0, 0.1) is 0 Å². The monoisotopic (exact) mass is 224 g/mol. The molecule has 0 saturated carbocycles. The third kappa shape index (κ3) is 2.43. The minimum atomic E-state index is -0.366. The highest BCUT2D eigenvalue weighted by Gasteiger charge is 2.38. The lowest BCUT2D eigenvalue weighted by Gasteiger charge is -2.38. The molecular formula is C12H20N2O2. The molecule has 0 aromatic heterocycles. The van der Waals surface area contributed by atoms with Gasteiger partial charge in [0.05, 0.1) is 0 Å². The van der Waals surface area contributed by atoms with Crippen LogP contribution in [0.5, 0.6) is 0 Å². The summed E-state index contributed by atoms with van der Waals surface area (Å²) >= 11 is 0. The summed E-state index contributed by atoms with van der Waals surface area (Å²) in [6, 6.07) is -0.707. The standard InChI is InChI=1S/C12H20N2O2/c1-5-9-12(16)14(7-8(3)4)10(6-2)11(15)13-9/h9-10H,3,5-7H2,1-2,4H3,(H,13,15). The summed E-state index contributed by atoms with van der Waals surface area (Å²) in [6.45, 7) is 9.95. The highest BCUT2D eigenvalue weighted by Crippen LogP contribution is 2.15. The molecular weight excluding hydrogens is 204 g/mol. The Morgan fingerprint density at radius 1 is 1.38 bits per heavy atom. The van der Waals surface area contributed by atoms with Crippen LogP contribution < -0.4 is 5.32 Å².